The highest BCUT2D eigenvalue weighted by molar-refractivity contribution is 6.03. The quantitative estimate of drug-likeness (QED) is 0.664. The average Bonchev–Trinajstić information content (AvgIpc) is 2.75. The monoisotopic (exact) mass is 416 g/mol. The molecule has 7 heteroatoms. The Morgan fingerprint density at radius 3 is 2.50 bits per heavy atom. The molecule has 30 heavy (non-hydrogen) atoms. The number of urea groups is 1. The second-order valence-electron chi connectivity index (χ2n) is 8.75. The number of carbonyl (C=O) groups excluding carboxylic acids is 2. The summed E-state index contributed by atoms with van der Waals surface area (Å²) in [5, 5.41) is 8.64. The Labute approximate surface area is 179 Å². The van der Waals surface area contributed by atoms with Crippen LogP contribution in [0.5, 0.6) is 0 Å². The fourth-order valence-electron chi connectivity index (χ4n) is 4.62. The van der Waals surface area contributed by atoms with Crippen LogP contribution in [-0.2, 0) is 9.53 Å². The summed E-state index contributed by atoms with van der Waals surface area (Å²) in [7, 11) is 0. The first-order valence-electron chi connectivity index (χ1n) is 11.1. The van der Waals surface area contributed by atoms with Gasteiger partial charge in [-0.1, -0.05) is 37.0 Å². The Hall–Kier alpha value is -1.96. The number of ether oxygens (including phenoxy) is 1. The van der Waals surface area contributed by atoms with E-state index in [0.717, 1.165) is 56.8 Å². The molecule has 0 bridgehead atoms. The minimum Gasteiger partial charge on any atom is -0.379 e. The number of amides is 3. The molecule has 2 fully saturated rings. The van der Waals surface area contributed by atoms with E-state index in [1.54, 1.807) is 0 Å². The van der Waals surface area contributed by atoms with E-state index in [9.17, 15) is 9.59 Å². The Balaban J connectivity index is 1.52. The molecular formula is C23H36N4O3. The molecule has 0 unspecified atom stereocenters. The van der Waals surface area contributed by atoms with E-state index in [1.807, 2.05) is 39.0 Å². The second kappa shape index (κ2) is 10.4. The molecule has 1 aromatic rings. The van der Waals surface area contributed by atoms with Gasteiger partial charge in [-0.05, 0) is 45.2 Å². The lowest BCUT2D eigenvalue weighted by molar-refractivity contribution is -0.121. The summed E-state index contributed by atoms with van der Waals surface area (Å²) in [4.78, 5) is 27.4. The SMILES string of the molecule is Cc1ccc(NC(=O)NC(=O)[C@H](C)NCC2(N3CCOCC3)CCCCC2)c(C)c1. The Kier molecular flexibility index (Phi) is 7.86. The molecule has 0 radical (unpaired) electrons. The van der Waals surface area contributed by atoms with E-state index < -0.39 is 12.1 Å². The van der Waals surface area contributed by atoms with Crippen LogP contribution in [0.1, 0.15) is 50.2 Å². The minimum atomic E-state index is -0.499. The molecular weight excluding hydrogens is 380 g/mol. The van der Waals surface area contributed by atoms with Crippen molar-refractivity contribution in [2.75, 3.05) is 38.2 Å². The van der Waals surface area contributed by atoms with Gasteiger partial charge < -0.3 is 15.4 Å². The normalized spacial score (nSPS) is 20.4. The van der Waals surface area contributed by atoms with Crippen molar-refractivity contribution in [2.45, 2.75) is 64.5 Å². The number of nitrogens with zero attached hydrogens (tertiary/aromatic N) is 1. The van der Waals surface area contributed by atoms with E-state index in [0.29, 0.717) is 5.69 Å². The zero-order chi connectivity index (χ0) is 21.6. The summed E-state index contributed by atoms with van der Waals surface area (Å²) < 4.78 is 5.54. The molecule has 1 aliphatic carbocycles. The fraction of sp³-hybridized carbons (Fsp3) is 0.652. The number of carbonyl (C=O) groups is 2. The van der Waals surface area contributed by atoms with Gasteiger partial charge in [0.1, 0.15) is 0 Å². The molecule has 1 aliphatic heterocycles. The predicted octanol–water partition coefficient (Wildman–Crippen LogP) is 2.96. The number of benzene rings is 1. The number of aryl methyl sites for hydroxylation is 2. The van der Waals surface area contributed by atoms with E-state index >= 15 is 0 Å². The maximum Gasteiger partial charge on any atom is 0.325 e. The van der Waals surface area contributed by atoms with Gasteiger partial charge in [0.05, 0.1) is 19.3 Å². The molecule has 3 N–H and O–H groups in total. The first-order valence-corrected chi connectivity index (χ1v) is 11.1. The predicted molar refractivity (Wildman–Crippen MR) is 119 cm³/mol. The van der Waals surface area contributed by atoms with E-state index in [1.165, 1.54) is 19.3 Å². The van der Waals surface area contributed by atoms with Crippen LogP contribution in [-0.4, -0.2) is 61.3 Å². The van der Waals surface area contributed by atoms with Crippen molar-refractivity contribution in [3.63, 3.8) is 0 Å². The first kappa shape index (κ1) is 22.7. The van der Waals surface area contributed by atoms with Crippen LogP contribution in [0, 0.1) is 13.8 Å². The molecule has 1 heterocycles. The topological polar surface area (TPSA) is 82.7 Å². The van der Waals surface area contributed by atoms with Gasteiger partial charge in [-0.15, -0.1) is 0 Å². The highest BCUT2D eigenvalue weighted by Crippen LogP contribution is 2.34. The number of imide groups is 1. The standard InChI is InChI=1S/C23H36N4O3/c1-17-7-8-20(18(2)15-17)25-22(29)26-21(28)19(3)24-16-23(9-5-4-6-10-23)27-11-13-30-14-12-27/h7-8,15,19,24H,4-6,9-14,16H2,1-3H3,(H2,25,26,28,29)/t19-/m0/s1. The highest BCUT2D eigenvalue weighted by atomic mass is 16.5. The number of hydrogen-bond donors (Lipinski definition) is 3. The van der Waals surface area contributed by atoms with Crippen LogP contribution in [0.2, 0.25) is 0 Å². The van der Waals surface area contributed by atoms with E-state index in [2.05, 4.69) is 20.9 Å². The van der Waals surface area contributed by atoms with Gasteiger partial charge in [0.25, 0.3) is 0 Å². The van der Waals surface area contributed by atoms with Gasteiger partial charge >= 0.3 is 6.03 Å². The van der Waals surface area contributed by atoms with Crippen LogP contribution < -0.4 is 16.0 Å². The molecule has 2 aliphatic rings. The third-order valence-corrected chi connectivity index (χ3v) is 6.46. The molecule has 1 saturated carbocycles. The zero-order valence-electron chi connectivity index (χ0n) is 18.6. The third-order valence-electron chi connectivity index (χ3n) is 6.46. The Morgan fingerprint density at radius 2 is 1.83 bits per heavy atom. The van der Waals surface area contributed by atoms with E-state index in [4.69, 9.17) is 4.74 Å². The number of rotatable bonds is 6. The van der Waals surface area contributed by atoms with Gasteiger partial charge in [-0.2, -0.15) is 0 Å². The van der Waals surface area contributed by atoms with E-state index in [-0.39, 0.29) is 11.4 Å². The molecule has 3 amide bonds. The van der Waals surface area contributed by atoms with Gasteiger partial charge in [-0.3, -0.25) is 15.0 Å². The van der Waals surface area contributed by atoms with Crippen molar-refractivity contribution in [2.24, 2.45) is 0 Å². The lowest BCUT2D eigenvalue weighted by Gasteiger charge is -2.48. The second-order valence-corrected chi connectivity index (χ2v) is 8.75. The van der Waals surface area contributed by atoms with Crippen molar-refractivity contribution in [3.8, 4) is 0 Å². The molecule has 0 spiro atoms. The van der Waals surface area contributed by atoms with Crippen LogP contribution in [0.25, 0.3) is 0 Å². The molecule has 1 aromatic carbocycles. The third kappa shape index (κ3) is 5.80. The summed E-state index contributed by atoms with van der Waals surface area (Å²) in [5.41, 5.74) is 2.88. The lowest BCUT2D eigenvalue weighted by atomic mass is 9.79. The van der Waals surface area contributed by atoms with Crippen molar-refractivity contribution >= 4 is 17.6 Å². The van der Waals surface area contributed by atoms with Gasteiger partial charge in [0.15, 0.2) is 0 Å². The molecule has 1 atom stereocenters. The summed E-state index contributed by atoms with van der Waals surface area (Å²) >= 11 is 0. The minimum absolute atomic E-state index is 0.0812. The Bertz CT molecular complexity index is 740. The number of morpholine rings is 1. The van der Waals surface area contributed by atoms with Gasteiger partial charge in [0, 0.05) is 30.9 Å². The average molecular weight is 417 g/mol. The van der Waals surface area contributed by atoms with Crippen molar-refractivity contribution in [1.82, 2.24) is 15.5 Å². The summed E-state index contributed by atoms with van der Waals surface area (Å²) in [5.74, 6) is -0.315. The van der Waals surface area contributed by atoms with Crippen molar-refractivity contribution < 1.29 is 14.3 Å². The molecule has 7 nitrogen and oxygen atoms in total. The van der Waals surface area contributed by atoms with Crippen molar-refractivity contribution in [3.05, 3.63) is 29.3 Å². The summed E-state index contributed by atoms with van der Waals surface area (Å²) in [6.07, 6.45) is 6.00. The number of anilines is 1. The molecule has 1 saturated heterocycles. The van der Waals surface area contributed by atoms with Crippen LogP contribution in [0.3, 0.4) is 0 Å². The zero-order valence-corrected chi connectivity index (χ0v) is 18.6. The van der Waals surface area contributed by atoms with Gasteiger partial charge in [0.2, 0.25) is 5.91 Å². The molecule has 3 rings (SSSR count). The smallest absolute Gasteiger partial charge is 0.325 e. The summed E-state index contributed by atoms with van der Waals surface area (Å²) in [6, 6.07) is 4.84. The summed E-state index contributed by atoms with van der Waals surface area (Å²) in [6.45, 7) is 9.94. The van der Waals surface area contributed by atoms with Gasteiger partial charge in [-0.25, -0.2) is 4.79 Å². The maximum atomic E-state index is 12.6. The van der Waals surface area contributed by atoms with Crippen LogP contribution in [0.4, 0.5) is 10.5 Å². The molecule has 0 aromatic heterocycles. The number of hydrogen-bond acceptors (Lipinski definition) is 5. The largest absolute Gasteiger partial charge is 0.379 e. The molecule has 166 valence electrons. The van der Waals surface area contributed by atoms with Crippen LogP contribution in [0.15, 0.2) is 18.2 Å². The first-order chi connectivity index (χ1) is 14.4. The number of nitrogens with one attached hydrogen (secondary N) is 3. The van der Waals surface area contributed by atoms with Crippen LogP contribution >= 0.6 is 0 Å². The highest BCUT2D eigenvalue weighted by Gasteiger charge is 2.38. The maximum absolute atomic E-state index is 12.6. The fourth-order valence-corrected chi connectivity index (χ4v) is 4.62. The Morgan fingerprint density at radius 1 is 1.13 bits per heavy atom. The van der Waals surface area contributed by atoms with Crippen molar-refractivity contribution in [1.29, 1.82) is 0 Å². The lowest BCUT2D eigenvalue weighted by Crippen LogP contribution is -2.61.